The second-order valence-corrected chi connectivity index (χ2v) is 3.98. The Balaban J connectivity index is 2.09. The lowest BCUT2D eigenvalue weighted by molar-refractivity contribution is -0.139. The molecule has 0 bridgehead atoms. The fourth-order valence-electron chi connectivity index (χ4n) is 1.40. The van der Waals surface area contributed by atoms with Gasteiger partial charge in [-0.25, -0.2) is 0 Å². The summed E-state index contributed by atoms with van der Waals surface area (Å²) >= 11 is 0. The maximum atomic E-state index is 10.5. The molecule has 1 N–H and O–H groups in total. The van der Waals surface area contributed by atoms with Gasteiger partial charge in [0.05, 0.1) is 13.0 Å². The number of hydrogen-bond donors (Lipinski definition) is 1. The minimum atomic E-state index is -0.698. The Morgan fingerprint density at radius 3 is 2.69 bits per heavy atom. The summed E-state index contributed by atoms with van der Waals surface area (Å²) in [6.45, 7) is 3.53. The van der Waals surface area contributed by atoms with Crippen molar-refractivity contribution >= 4 is 5.97 Å². The van der Waals surface area contributed by atoms with E-state index in [2.05, 4.69) is 6.92 Å². The topological polar surface area (TPSA) is 46.5 Å². The van der Waals surface area contributed by atoms with E-state index in [4.69, 9.17) is 9.84 Å². The van der Waals surface area contributed by atoms with Crippen LogP contribution in [0.25, 0.3) is 0 Å². The van der Waals surface area contributed by atoms with Gasteiger partial charge in [0.2, 0.25) is 0 Å². The second-order valence-electron chi connectivity index (χ2n) is 3.98. The Labute approximate surface area is 79.1 Å². The van der Waals surface area contributed by atoms with Crippen molar-refractivity contribution in [1.29, 1.82) is 0 Å². The predicted molar refractivity (Wildman–Crippen MR) is 49.6 cm³/mol. The number of hydrogen-bond acceptors (Lipinski definition) is 2. The summed E-state index contributed by atoms with van der Waals surface area (Å²) < 4.78 is 5.44. The molecular weight excluding hydrogens is 168 g/mol. The van der Waals surface area contributed by atoms with Crippen LogP contribution in [0.3, 0.4) is 0 Å². The highest BCUT2D eigenvalue weighted by atomic mass is 16.5. The smallest absolute Gasteiger partial charge is 0.303 e. The summed E-state index contributed by atoms with van der Waals surface area (Å²) in [6, 6.07) is 0. The van der Waals surface area contributed by atoms with E-state index in [0.717, 1.165) is 32.3 Å². The van der Waals surface area contributed by atoms with Crippen molar-refractivity contribution in [2.75, 3.05) is 13.2 Å². The highest BCUT2D eigenvalue weighted by molar-refractivity contribution is 5.68. The zero-order valence-electron chi connectivity index (χ0n) is 8.21. The van der Waals surface area contributed by atoms with Gasteiger partial charge in [0, 0.05) is 12.0 Å². The van der Waals surface area contributed by atoms with Crippen LogP contribution >= 0.6 is 0 Å². The average Bonchev–Trinajstić information content (AvgIpc) is 2.78. The molecule has 0 radical (unpaired) electrons. The van der Waals surface area contributed by atoms with E-state index in [9.17, 15) is 4.79 Å². The van der Waals surface area contributed by atoms with Gasteiger partial charge in [-0.2, -0.15) is 0 Å². The molecule has 1 saturated carbocycles. The molecule has 1 aliphatic carbocycles. The highest BCUT2D eigenvalue weighted by Crippen LogP contribution is 2.48. The molecule has 0 aromatic rings. The average molecular weight is 186 g/mol. The summed E-state index contributed by atoms with van der Waals surface area (Å²) in [6.07, 6.45) is 4.52. The number of aliphatic carboxylic acids is 1. The third-order valence-corrected chi connectivity index (χ3v) is 2.53. The van der Waals surface area contributed by atoms with Gasteiger partial charge in [-0.05, 0) is 19.3 Å². The van der Waals surface area contributed by atoms with E-state index in [1.54, 1.807) is 0 Å². The normalized spacial score (nSPS) is 18.5. The third kappa shape index (κ3) is 3.77. The van der Waals surface area contributed by atoms with Gasteiger partial charge in [-0.15, -0.1) is 0 Å². The van der Waals surface area contributed by atoms with Crippen LogP contribution in [0.4, 0.5) is 0 Å². The number of carboxylic acid groups (broad SMARTS) is 1. The summed E-state index contributed by atoms with van der Waals surface area (Å²) in [4.78, 5) is 10.5. The van der Waals surface area contributed by atoms with Crippen molar-refractivity contribution < 1.29 is 14.6 Å². The van der Waals surface area contributed by atoms with E-state index < -0.39 is 5.97 Å². The molecule has 0 spiro atoms. The Kier molecular flexibility index (Phi) is 3.72. The molecule has 1 fully saturated rings. The number of carbonyl (C=O) groups is 1. The molecule has 3 nitrogen and oxygen atoms in total. The fourth-order valence-corrected chi connectivity index (χ4v) is 1.40. The predicted octanol–water partition coefficient (Wildman–Crippen LogP) is 2.06. The van der Waals surface area contributed by atoms with Crippen molar-refractivity contribution in [1.82, 2.24) is 0 Å². The molecule has 0 heterocycles. The maximum Gasteiger partial charge on any atom is 0.303 e. The van der Waals surface area contributed by atoms with Crippen molar-refractivity contribution in [3.63, 3.8) is 0 Å². The van der Waals surface area contributed by atoms with Gasteiger partial charge < -0.3 is 9.84 Å². The molecule has 0 amide bonds. The highest BCUT2D eigenvalue weighted by Gasteiger charge is 2.44. The van der Waals surface area contributed by atoms with Gasteiger partial charge in [-0.3, -0.25) is 4.79 Å². The third-order valence-electron chi connectivity index (χ3n) is 2.53. The summed E-state index contributed by atoms with van der Waals surface area (Å²) in [5, 5.41) is 8.64. The Bertz CT molecular complexity index is 173. The molecule has 76 valence electrons. The van der Waals surface area contributed by atoms with Gasteiger partial charge in [0.25, 0.3) is 0 Å². The molecule has 0 unspecified atom stereocenters. The SMILES string of the molecule is CCCCOCC1(CC(=O)O)CC1. The van der Waals surface area contributed by atoms with Crippen LogP contribution in [0, 0.1) is 5.41 Å². The van der Waals surface area contributed by atoms with Crippen LogP contribution < -0.4 is 0 Å². The molecule has 3 heteroatoms. The Hall–Kier alpha value is -0.570. The van der Waals surface area contributed by atoms with E-state index in [-0.39, 0.29) is 11.8 Å². The van der Waals surface area contributed by atoms with Crippen molar-refractivity contribution in [3.8, 4) is 0 Å². The molecule has 0 saturated heterocycles. The van der Waals surface area contributed by atoms with Gasteiger partial charge >= 0.3 is 5.97 Å². The largest absolute Gasteiger partial charge is 0.481 e. The zero-order chi connectivity index (χ0) is 9.73. The molecule has 1 aliphatic rings. The number of rotatable bonds is 7. The van der Waals surface area contributed by atoms with Crippen LogP contribution in [0.1, 0.15) is 39.0 Å². The Morgan fingerprint density at radius 1 is 1.54 bits per heavy atom. The lowest BCUT2D eigenvalue weighted by Crippen LogP contribution is -2.15. The molecule has 0 atom stereocenters. The first-order valence-corrected chi connectivity index (χ1v) is 4.98. The van der Waals surface area contributed by atoms with Crippen LogP contribution in [-0.4, -0.2) is 24.3 Å². The molecule has 13 heavy (non-hydrogen) atoms. The molecule has 1 rings (SSSR count). The molecule has 0 aromatic heterocycles. The summed E-state index contributed by atoms with van der Waals surface area (Å²) in [5.41, 5.74) is -0.000422. The fraction of sp³-hybridized carbons (Fsp3) is 0.900. The van der Waals surface area contributed by atoms with E-state index >= 15 is 0 Å². The van der Waals surface area contributed by atoms with Crippen molar-refractivity contribution in [2.24, 2.45) is 5.41 Å². The Morgan fingerprint density at radius 2 is 2.23 bits per heavy atom. The molecule has 0 aromatic carbocycles. The standard InChI is InChI=1S/C10H18O3/c1-2-3-6-13-8-10(4-5-10)7-9(11)12/h2-8H2,1H3,(H,11,12). The number of carboxylic acids is 1. The monoisotopic (exact) mass is 186 g/mol. The van der Waals surface area contributed by atoms with Crippen LogP contribution in [-0.2, 0) is 9.53 Å². The number of ether oxygens (including phenoxy) is 1. The second kappa shape index (κ2) is 4.61. The van der Waals surface area contributed by atoms with Crippen molar-refractivity contribution in [2.45, 2.75) is 39.0 Å². The lowest BCUT2D eigenvalue weighted by atomic mass is 10.0. The van der Waals surface area contributed by atoms with Crippen molar-refractivity contribution in [3.05, 3.63) is 0 Å². The van der Waals surface area contributed by atoms with Gasteiger partial charge in [-0.1, -0.05) is 13.3 Å². The number of unbranched alkanes of at least 4 members (excludes halogenated alkanes) is 1. The minimum absolute atomic E-state index is 0.000422. The first-order chi connectivity index (χ1) is 6.18. The minimum Gasteiger partial charge on any atom is -0.481 e. The lowest BCUT2D eigenvalue weighted by Gasteiger charge is -2.12. The quantitative estimate of drug-likeness (QED) is 0.619. The van der Waals surface area contributed by atoms with Crippen LogP contribution in [0.5, 0.6) is 0 Å². The van der Waals surface area contributed by atoms with Gasteiger partial charge in [0.15, 0.2) is 0 Å². The van der Waals surface area contributed by atoms with Gasteiger partial charge in [0.1, 0.15) is 0 Å². The first kappa shape index (κ1) is 10.5. The maximum absolute atomic E-state index is 10.5. The summed E-state index contributed by atoms with van der Waals surface area (Å²) in [5.74, 6) is -0.698. The zero-order valence-corrected chi connectivity index (χ0v) is 8.21. The van der Waals surface area contributed by atoms with E-state index in [1.807, 2.05) is 0 Å². The first-order valence-electron chi connectivity index (χ1n) is 4.98. The molecular formula is C10H18O3. The van der Waals surface area contributed by atoms with Crippen LogP contribution in [0.15, 0.2) is 0 Å². The van der Waals surface area contributed by atoms with Crippen LogP contribution in [0.2, 0.25) is 0 Å². The van der Waals surface area contributed by atoms with E-state index in [0.29, 0.717) is 6.61 Å². The molecule has 0 aliphatic heterocycles. The van der Waals surface area contributed by atoms with E-state index in [1.165, 1.54) is 0 Å². The summed E-state index contributed by atoms with van der Waals surface area (Å²) in [7, 11) is 0.